The second-order valence-corrected chi connectivity index (χ2v) is 8.15. The number of aliphatic imine (C=N–C) groups is 1. The number of benzene rings is 2. The minimum Gasteiger partial charge on any atom is -0.357 e. The topological polar surface area (TPSA) is 56.7 Å². The molecular weight excluding hydrogens is 543 g/mol. The second kappa shape index (κ2) is 11.0. The molecule has 2 N–H and O–H groups in total. The molecule has 1 saturated carbocycles. The largest absolute Gasteiger partial charge is 0.357 e. The third kappa shape index (κ3) is 6.70. The van der Waals surface area contributed by atoms with E-state index in [1.807, 2.05) is 24.3 Å². The summed E-state index contributed by atoms with van der Waals surface area (Å²) in [6.45, 7) is 3.46. The maximum absolute atomic E-state index is 12.0. The van der Waals surface area contributed by atoms with Gasteiger partial charge in [-0.1, -0.05) is 40.2 Å². The van der Waals surface area contributed by atoms with Crippen LogP contribution in [0.3, 0.4) is 0 Å². The van der Waals surface area contributed by atoms with Gasteiger partial charge in [-0.2, -0.15) is 0 Å². The van der Waals surface area contributed by atoms with E-state index in [2.05, 4.69) is 57.8 Å². The maximum atomic E-state index is 12.0. The van der Waals surface area contributed by atoms with Crippen LogP contribution in [0.15, 0.2) is 58.0 Å². The molecule has 2 atom stereocenters. The van der Waals surface area contributed by atoms with E-state index in [-0.39, 0.29) is 29.9 Å². The lowest BCUT2D eigenvalue weighted by Gasteiger charge is -2.12. The Labute approximate surface area is 198 Å². The molecule has 0 aromatic heterocycles. The van der Waals surface area contributed by atoms with Gasteiger partial charge in [-0.25, -0.2) is 4.99 Å². The molecule has 1 aliphatic rings. The van der Waals surface area contributed by atoms with Crippen LogP contribution >= 0.6 is 39.9 Å². The minimum atomic E-state index is 0. The second-order valence-electron chi connectivity index (χ2n) is 7.24. The highest BCUT2D eigenvalue weighted by molar-refractivity contribution is 14.0. The molecule has 5 nitrogen and oxygen atoms in total. The van der Waals surface area contributed by atoms with Gasteiger partial charge in [-0.3, -0.25) is 4.79 Å². The molecule has 156 valence electrons. The van der Waals surface area contributed by atoms with Gasteiger partial charge < -0.3 is 15.5 Å². The van der Waals surface area contributed by atoms with E-state index in [0.29, 0.717) is 24.1 Å². The molecular formula is C22H28BrIN4O. The average molecular weight is 571 g/mol. The highest BCUT2D eigenvalue weighted by atomic mass is 127. The lowest BCUT2D eigenvalue weighted by atomic mass is 10.1. The summed E-state index contributed by atoms with van der Waals surface area (Å²) < 4.78 is 1.11. The Morgan fingerprint density at radius 2 is 1.79 bits per heavy atom. The Morgan fingerprint density at radius 3 is 2.38 bits per heavy atom. The van der Waals surface area contributed by atoms with Crippen LogP contribution in [0.1, 0.15) is 40.7 Å². The molecule has 2 aromatic carbocycles. The standard InChI is InChI=1S/C22H27BrN4O.HI/c1-4-24-22(26-20-13-19(20)16-9-11-18(23)12-10-16)25-14-15-5-7-17(8-6-15)21(28)27(2)3;/h5-12,19-20H,4,13-14H2,1-3H3,(H2,24,25,26);1H. The Hall–Kier alpha value is -1.61. The van der Waals surface area contributed by atoms with Crippen LogP contribution in [0.25, 0.3) is 0 Å². The van der Waals surface area contributed by atoms with Crippen molar-refractivity contribution in [2.45, 2.75) is 31.8 Å². The summed E-state index contributed by atoms with van der Waals surface area (Å²) in [6, 6.07) is 16.6. The lowest BCUT2D eigenvalue weighted by molar-refractivity contribution is 0.0827. The van der Waals surface area contributed by atoms with Crippen molar-refractivity contribution in [2.24, 2.45) is 4.99 Å². The van der Waals surface area contributed by atoms with Crippen LogP contribution < -0.4 is 10.6 Å². The zero-order chi connectivity index (χ0) is 20.1. The fraction of sp³-hybridized carbons (Fsp3) is 0.364. The zero-order valence-electron chi connectivity index (χ0n) is 17.0. The molecule has 0 spiro atoms. The molecule has 1 fully saturated rings. The summed E-state index contributed by atoms with van der Waals surface area (Å²) in [7, 11) is 3.52. The van der Waals surface area contributed by atoms with Gasteiger partial charge in [-0.15, -0.1) is 24.0 Å². The molecule has 2 unspecified atom stereocenters. The molecule has 0 saturated heterocycles. The van der Waals surface area contributed by atoms with E-state index in [0.717, 1.165) is 29.0 Å². The van der Waals surface area contributed by atoms with Crippen LogP contribution in [0.2, 0.25) is 0 Å². The van der Waals surface area contributed by atoms with Crippen molar-refractivity contribution in [2.75, 3.05) is 20.6 Å². The summed E-state index contributed by atoms with van der Waals surface area (Å²) in [5.41, 5.74) is 3.13. The Bertz CT molecular complexity index is 837. The quantitative estimate of drug-likeness (QED) is 0.308. The van der Waals surface area contributed by atoms with E-state index in [9.17, 15) is 4.79 Å². The fourth-order valence-electron chi connectivity index (χ4n) is 3.11. The van der Waals surface area contributed by atoms with Crippen LogP contribution in [-0.2, 0) is 6.54 Å². The number of nitrogens with one attached hydrogen (secondary N) is 2. The molecule has 3 rings (SSSR count). The Morgan fingerprint density at radius 1 is 1.14 bits per heavy atom. The molecule has 2 aromatic rings. The predicted octanol–water partition coefficient (Wildman–Crippen LogP) is 4.38. The zero-order valence-corrected chi connectivity index (χ0v) is 20.9. The van der Waals surface area contributed by atoms with Gasteiger partial charge in [0.2, 0.25) is 0 Å². The Kier molecular flexibility index (Phi) is 8.95. The SMILES string of the molecule is CCNC(=NCc1ccc(C(=O)N(C)C)cc1)NC1CC1c1ccc(Br)cc1.I. The molecule has 1 aliphatic carbocycles. The first-order valence-corrected chi connectivity index (χ1v) is 10.4. The summed E-state index contributed by atoms with van der Waals surface area (Å²) in [6.07, 6.45) is 1.12. The molecule has 0 aliphatic heterocycles. The van der Waals surface area contributed by atoms with E-state index >= 15 is 0 Å². The molecule has 1 amide bonds. The van der Waals surface area contributed by atoms with Crippen molar-refractivity contribution >= 4 is 51.8 Å². The number of halogens is 2. The van der Waals surface area contributed by atoms with Gasteiger partial charge in [0.15, 0.2) is 5.96 Å². The van der Waals surface area contributed by atoms with Crippen LogP contribution in [0.4, 0.5) is 0 Å². The van der Waals surface area contributed by atoms with E-state index < -0.39 is 0 Å². The number of nitrogens with zero attached hydrogens (tertiary/aromatic N) is 2. The van der Waals surface area contributed by atoms with E-state index in [1.54, 1.807) is 19.0 Å². The lowest BCUT2D eigenvalue weighted by Crippen LogP contribution is -2.39. The van der Waals surface area contributed by atoms with Crippen LogP contribution in [0, 0.1) is 0 Å². The summed E-state index contributed by atoms with van der Waals surface area (Å²) in [5.74, 6) is 1.38. The van der Waals surface area contributed by atoms with Gasteiger partial charge in [0, 0.05) is 42.6 Å². The third-order valence-corrected chi connectivity index (χ3v) is 5.31. The normalized spacial score (nSPS) is 17.9. The first kappa shape index (κ1) is 23.7. The predicted molar refractivity (Wildman–Crippen MR) is 133 cm³/mol. The molecule has 29 heavy (non-hydrogen) atoms. The van der Waals surface area contributed by atoms with Crippen molar-refractivity contribution in [1.82, 2.24) is 15.5 Å². The third-order valence-electron chi connectivity index (χ3n) is 4.78. The van der Waals surface area contributed by atoms with Gasteiger partial charge >= 0.3 is 0 Å². The highest BCUT2D eigenvalue weighted by Gasteiger charge is 2.38. The first-order chi connectivity index (χ1) is 13.5. The number of amides is 1. The molecule has 0 bridgehead atoms. The van der Waals surface area contributed by atoms with Crippen molar-refractivity contribution < 1.29 is 4.79 Å². The summed E-state index contributed by atoms with van der Waals surface area (Å²) in [4.78, 5) is 18.3. The smallest absolute Gasteiger partial charge is 0.253 e. The van der Waals surface area contributed by atoms with E-state index in [1.165, 1.54) is 5.56 Å². The number of guanidine groups is 1. The number of hydrogen-bond donors (Lipinski definition) is 2. The fourth-order valence-corrected chi connectivity index (χ4v) is 3.37. The minimum absolute atomic E-state index is 0. The molecule has 0 heterocycles. The number of carbonyl (C=O) groups excluding carboxylic acids is 1. The summed E-state index contributed by atoms with van der Waals surface area (Å²) in [5, 5.41) is 6.86. The first-order valence-electron chi connectivity index (χ1n) is 9.59. The van der Waals surface area contributed by atoms with Gasteiger partial charge in [0.05, 0.1) is 6.54 Å². The van der Waals surface area contributed by atoms with Gasteiger partial charge in [-0.05, 0) is 48.7 Å². The van der Waals surface area contributed by atoms with Crippen LogP contribution in [-0.4, -0.2) is 43.4 Å². The number of rotatable bonds is 6. The number of hydrogen-bond acceptors (Lipinski definition) is 2. The highest BCUT2D eigenvalue weighted by Crippen LogP contribution is 2.41. The monoisotopic (exact) mass is 570 g/mol. The average Bonchev–Trinajstić information content (AvgIpc) is 3.45. The van der Waals surface area contributed by atoms with Gasteiger partial charge in [0.1, 0.15) is 0 Å². The van der Waals surface area contributed by atoms with Crippen molar-refractivity contribution in [3.63, 3.8) is 0 Å². The Balaban J connectivity index is 0.00000300. The van der Waals surface area contributed by atoms with E-state index in [4.69, 9.17) is 4.99 Å². The van der Waals surface area contributed by atoms with Crippen molar-refractivity contribution in [3.8, 4) is 0 Å². The molecule has 7 heteroatoms. The van der Waals surface area contributed by atoms with Crippen LogP contribution in [0.5, 0.6) is 0 Å². The van der Waals surface area contributed by atoms with Crippen molar-refractivity contribution in [1.29, 1.82) is 0 Å². The maximum Gasteiger partial charge on any atom is 0.253 e. The van der Waals surface area contributed by atoms with Crippen molar-refractivity contribution in [3.05, 3.63) is 69.7 Å². The van der Waals surface area contributed by atoms with Gasteiger partial charge in [0.25, 0.3) is 5.91 Å². The summed E-state index contributed by atoms with van der Waals surface area (Å²) >= 11 is 3.49. The molecule has 0 radical (unpaired) electrons. The number of carbonyl (C=O) groups is 1.